The van der Waals surface area contributed by atoms with E-state index in [1.54, 1.807) is 6.07 Å². The molecule has 0 aliphatic carbocycles. The normalized spacial score (nSPS) is 12.4. The first-order valence-electron chi connectivity index (χ1n) is 6.63. The average molecular weight is 436 g/mol. The van der Waals surface area contributed by atoms with Gasteiger partial charge < -0.3 is 5.32 Å². The van der Waals surface area contributed by atoms with Crippen molar-refractivity contribution in [3.05, 3.63) is 67.3 Å². The van der Waals surface area contributed by atoms with Gasteiger partial charge >= 0.3 is 0 Å². The molecule has 0 amide bonds. The van der Waals surface area contributed by atoms with Crippen LogP contribution >= 0.6 is 43.5 Å². The predicted octanol–water partition coefficient (Wildman–Crippen LogP) is 5.90. The number of hydrogen-bond donors (Lipinski definition) is 1. The molecule has 0 fully saturated rings. The van der Waals surface area contributed by atoms with E-state index in [4.69, 9.17) is 11.6 Å². The largest absolute Gasteiger partial charge is 0.310 e. The molecule has 5 heteroatoms. The molecule has 0 spiro atoms. The van der Waals surface area contributed by atoms with Crippen molar-refractivity contribution in [1.82, 2.24) is 5.32 Å². The highest BCUT2D eigenvalue weighted by Crippen LogP contribution is 2.28. The van der Waals surface area contributed by atoms with E-state index in [9.17, 15) is 4.39 Å². The molecule has 0 aliphatic heterocycles. The molecule has 0 bridgehead atoms. The molecule has 112 valence electrons. The molecule has 1 nitrogen and oxygen atoms in total. The summed E-state index contributed by atoms with van der Waals surface area (Å²) < 4.78 is 15.7. The van der Waals surface area contributed by atoms with Crippen LogP contribution in [0.4, 0.5) is 4.39 Å². The molecule has 2 aromatic rings. The van der Waals surface area contributed by atoms with E-state index < -0.39 is 0 Å². The zero-order valence-electron chi connectivity index (χ0n) is 11.5. The Hall–Kier alpha value is -0.420. The van der Waals surface area contributed by atoms with Crippen molar-refractivity contribution in [3.63, 3.8) is 0 Å². The number of benzene rings is 2. The molecule has 0 aliphatic rings. The third-order valence-corrected chi connectivity index (χ3v) is 4.95. The monoisotopic (exact) mass is 433 g/mol. The van der Waals surface area contributed by atoms with Crippen molar-refractivity contribution >= 4 is 43.5 Å². The first-order chi connectivity index (χ1) is 10.0. The second-order valence-electron chi connectivity index (χ2n) is 4.72. The Kier molecular flexibility index (Phi) is 6.23. The molecule has 0 radical (unpaired) electrons. The van der Waals surface area contributed by atoms with Gasteiger partial charge in [-0.15, -0.1) is 0 Å². The van der Waals surface area contributed by atoms with Crippen LogP contribution in [0.3, 0.4) is 0 Å². The minimum absolute atomic E-state index is 0.0180. The van der Waals surface area contributed by atoms with E-state index in [-0.39, 0.29) is 11.9 Å². The van der Waals surface area contributed by atoms with Crippen LogP contribution in [-0.2, 0) is 6.42 Å². The maximum Gasteiger partial charge on any atom is 0.126 e. The Morgan fingerprint density at radius 2 is 1.95 bits per heavy atom. The summed E-state index contributed by atoms with van der Waals surface area (Å²) in [6.45, 7) is 2.83. The summed E-state index contributed by atoms with van der Waals surface area (Å²) in [6.07, 6.45) is 0.567. The third-order valence-electron chi connectivity index (χ3n) is 3.23. The summed E-state index contributed by atoms with van der Waals surface area (Å²) in [4.78, 5) is 0. The van der Waals surface area contributed by atoms with Crippen molar-refractivity contribution in [2.24, 2.45) is 0 Å². The van der Waals surface area contributed by atoms with E-state index in [1.807, 2.05) is 31.2 Å². The van der Waals surface area contributed by atoms with Crippen molar-refractivity contribution < 1.29 is 4.39 Å². The second kappa shape index (κ2) is 7.73. The number of likely N-dealkylation sites (N-methyl/N-ethyl adjacent to an activating group) is 1. The van der Waals surface area contributed by atoms with Crippen LogP contribution in [0.25, 0.3) is 0 Å². The molecule has 2 aromatic carbocycles. The lowest BCUT2D eigenvalue weighted by Gasteiger charge is -2.19. The summed E-state index contributed by atoms with van der Waals surface area (Å²) >= 11 is 12.9. The highest BCUT2D eigenvalue weighted by molar-refractivity contribution is 9.10. The van der Waals surface area contributed by atoms with Crippen molar-refractivity contribution in [2.75, 3.05) is 6.54 Å². The number of rotatable bonds is 5. The topological polar surface area (TPSA) is 12.0 Å². The molecule has 0 aromatic heterocycles. The van der Waals surface area contributed by atoms with Crippen molar-refractivity contribution in [3.8, 4) is 0 Å². The fourth-order valence-corrected chi connectivity index (χ4v) is 3.05. The van der Waals surface area contributed by atoms with Crippen LogP contribution in [0.1, 0.15) is 24.1 Å². The predicted molar refractivity (Wildman–Crippen MR) is 93.4 cm³/mol. The van der Waals surface area contributed by atoms with Gasteiger partial charge in [0.1, 0.15) is 5.82 Å². The average Bonchev–Trinajstić information content (AvgIpc) is 2.45. The molecule has 2 rings (SSSR count). The lowest BCUT2D eigenvalue weighted by atomic mass is 9.98. The van der Waals surface area contributed by atoms with E-state index in [0.29, 0.717) is 17.0 Å². The van der Waals surface area contributed by atoms with E-state index >= 15 is 0 Å². The van der Waals surface area contributed by atoms with Gasteiger partial charge in [0.25, 0.3) is 0 Å². The molecule has 0 saturated heterocycles. The number of halogens is 4. The minimum Gasteiger partial charge on any atom is -0.310 e. The van der Waals surface area contributed by atoms with Crippen LogP contribution < -0.4 is 5.32 Å². The lowest BCUT2D eigenvalue weighted by molar-refractivity contribution is 0.527. The zero-order chi connectivity index (χ0) is 15.4. The van der Waals surface area contributed by atoms with Crippen LogP contribution in [0.5, 0.6) is 0 Å². The van der Waals surface area contributed by atoms with Gasteiger partial charge in [-0.05, 0) is 70.4 Å². The van der Waals surface area contributed by atoms with Gasteiger partial charge in [0.2, 0.25) is 0 Å². The standard InChI is InChI=1S/C16H15Br2ClFN/c1-2-21-16(10-3-5-13(18)14(19)8-10)9-11-7-12(17)4-6-15(11)20/h3-8,16,21H,2,9H2,1H3. The number of nitrogens with one attached hydrogen (secondary N) is 1. The quantitative estimate of drug-likeness (QED) is 0.617. The molecule has 1 atom stereocenters. The Labute approximate surface area is 146 Å². The maximum absolute atomic E-state index is 13.9. The Balaban J connectivity index is 2.30. The summed E-state index contributed by atoms with van der Waals surface area (Å²) in [5, 5.41) is 4.04. The van der Waals surface area contributed by atoms with Gasteiger partial charge in [-0.1, -0.05) is 40.5 Å². The van der Waals surface area contributed by atoms with Gasteiger partial charge in [0.05, 0.1) is 5.02 Å². The number of hydrogen-bond acceptors (Lipinski definition) is 1. The highest BCUT2D eigenvalue weighted by atomic mass is 79.9. The van der Waals surface area contributed by atoms with Crippen LogP contribution in [0.2, 0.25) is 5.02 Å². The van der Waals surface area contributed by atoms with Crippen LogP contribution in [0, 0.1) is 5.82 Å². The molecule has 21 heavy (non-hydrogen) atoms. The van der Waals surface area contributed by atoms with Crippen molar-refractivity contribution in [2.45, 2.75) is 19.4 Å². The molecule has 0 heterocycles. The van der Waals surface area contributed by atoms with Gasteiger partial charge in [-0.25, -0.2) is 4.39 Å². The zero-order valence-corrected chi connectivity index (χ0v) is 15.4. The third kappa shape index (κ3) is 4.52. The molecule has 1 unspecified atom stereocenters. The van der Waals surface area contributed by atoms with Gasteiger partial charge in [0, 0.05) is 15.0 Å². The highest BCUT2D eigenvalue weighted by Gasteiger charge is 2.15. The SMILES string of the molecule is CCNC(Cc1cc(Br)ccc1F)c1ccc(Br)c(Cl)c1. The van der Waals surface area contributed by atoms with Gasteiger partial charge in [0.15, 0.2) is 0 Å². The molecular formula is C16H15Br2ClFN. The van der Waals surface area contributed by atoms with Gasteiger partial charge in [-0.3, -0.25) is 0 Å². The van der Waals surface area contributed by atoms with E-state index in [1.165, 1.54) is 6.07 Å². The van der Waals surface area contributed by atoms with E-state index in [0.717, 1.165) is 21.1 Å². The summed E-state index contributed by atoms with van der Waals surface area (Å²) in [5.41, 5.74) is 1.72. The molecule has 1 N–H and O–H groups in total. The second-order valence-corrected chi connectivity index (χ2v) is 6.90. The Morgan fingerprint density at radius 1 is 1.19 bits per heavy atom. The Morgan fingerprint density at radius 3 is 2.62 bits per heavy atom. The Bertz CT molecular complexity index is 634. The fraction of sp³-hybridized carbons (Fsp3) is 0.250. The van der Waals surface area contributed by atoms with Crippen LogP contribution in [-0.4, -0.2) is 6.54 Å². The minimum atomic E-state index is -0.190. The first-order valence-corrected chi connectivity index (χ1v) is 8.60. The lowest BCUT2D eigenvalue weighted by Crippen LogP contribution is -2.23. The maximum atomic E-state index is 13.9. The van der Waals surface area contributed by atoms with Crippen molar-refractivity contribution in [1.29, 1.82) is 0 Å². The summed E-state index contributed by atoms with van der Waals surface area (Å²) in [7, 11) is 0. The summed E-state index contributed by atoms with van der Waals surface area (Å²) in [5.74, 6) is -0.190. The van der Waals surface area contributed by atoms with Gasteiger partial charge in [-0.2, -0.15) is 0 Å². The first kappa shape index (κ1) is 16.9. The molecular weight excluding hydrogens is 420 g/mol. The summed E-state index contributed by atoms with van der Waals surface area (Å²) in [6, 6.07) is 10.9. The molecule has 0 saturated carbocycles. The fourth-order valence-electron chi connectivity index (χ4n) is 2.20. The smallest absolute Gasteiger partial charge is 0.126 e. The van der Waals surface area contributed by atoms with E-state index in [2.05, 4.69) is 37.2 Å². The van der Waals surface area contributed by atoms with Crippen LogP contribution in [0.15, 0.2) is 45.3 Å².